The van der Waals surface area contributed by atoms with E-state index in [2.05, 4.69) is 5.32 Å². The Balaban J connectivity index is 1.75. The molecule has 0 unspecified atom stereocenters. The van der Waals surface area contributed by atoms with Crippen molar-refractivity contribution in [1.29, 1.82) is 0 Å². The predicted octanol–water partition coefficient (Wildman–Crippen LogP) is 5.64. The first-order valence-electron chi connectivity index (χ1n) is 8.99. The molecule has 0 spiro atoms. The average molecular weight is 421 g/mol. The summed E-state index contributed by atoms with van der Waals surface area (Å²) in [7, 11) is 0. The second-order valence-corrected chi connectivity index (χ2v) is 7.98. The molecular formula is C23H17ClN2O2S. The molecule has 1 aliphatic rings. The first-order chi connectivity index (χ1) is 14.0. The zero-order valence-corrected chi connectivity index (χ0v) is 17.1. The van der Waals surface area contributed by atoms with Crippen LogP contribution in [0.15, 0.2) is 94.4 Å². The highest BCUT2D eigenvalue weighted by atomic mass is 35.5. The lowest BCUT2D eigenvalue weighted by molar-refractivity contribution is -0.120. The Kier molecular flexibility index (Phi) is 5.43. The number of nitrogens with one attached hydrogen (secondary N) is 1. The molecule has 1 N–H and O–H groups in total. The summed E-state index contributed by atoms with van der Waals surface area (Å²) >= 11 is 7.50. The van der Waals surface area contributed by atoms with Gasteiger partial charge in [0, 0.05) is 15.6 Å². The van der Waals surface area contributed by atoms with Crippen molar-refractivity contribution in [3.8, 4) is 0 Å². The largest absolute Gasteiger partial charge is 0.350 e. The average Bonchev–Trinajstić information content (AvgIpc) is 2.96. The van der Waals surface area contributed by atoms with Crippen LogP contribution in [0, 0.1) is 6.92 Å². The Labute approximate surface area is 178 Å². The van der Waals surface area contributed by atoms with Crippen LogP contribution in [0.4, 0.5) is 11.4 Å². The molecule has 3 aromatic carbocycles. The van der Waals surface area contributed by atoms with Crippen LogP contribution in [0.2, 0.25) is 5.02 Å². The number of halogens is 1. The number of carbonyl (C=O) groups excluding carboxylic acids is 2. The number of aryl methyl sites for hydroxylation is 1. The standard InChI is InChI=1S/C23H17ClN2O2S/c1-15-12-13-17(14-19(15)24)26-22(27)20(25-16-8-4-2-5-9-16)21(23(26)28)29-18-10-6-3-7-11-18/h2-14,25H,1H3. The molecule has 144 valence electrons. The van der Waals surface area contributed by atoms with Gasteiger partial charge in [-0.3, -0.25) is 9.59 Å². The summed E-state index contributed by atoms with van der Waals surface area (Å²) < 4.78 is 0. The molecule has 0 radical (unpaired) electrons. The van der Waals surface area contributed by atoms with Crippen molar-refractivity contribution in [2.75, 3.05) is 10.2 Å². The van der Waals surface area contributed by atoms with Crippen molar-refractivity contribution in [2.24, 2.45) is 0 Å². The summed E-state index contributed by atoms with van der Waals surface area (Å²) in [5.41, 5.74) is 2.32. The van der Waals surface area contributed by atoms with Gasteiger partial charge in [-0.05, 0) is 48.9 Å². The number of benzene rings is 3. The summed E-state index contributed by atoms with van der Waals surface area (Å²) in [6.07, 6.45) is 0. The minimum absolute atomic E-state index is 0.256. The Morgan fingerprint density at radius 3 is 2.17 bits per heavy atom. The summed E-state index contributed by atoms with van der Waals surface area (Å²) in [6.45, 7) is 1.87. The van der Waals surface area contributed by atoms with Crippen LogP contribution in [-0.4, -0.2) is 11.8 Å². The van der Waals surface area contributed by atoms with Crippen molar-refractivity contribution in [3.63, 3.8) is 0 Å². The third-order valence-corrected chi connectivity index (χ3v) is 5.96. The van der Waals surface area contributed by atoms with Crippen LogP contribution < -0.4 is 10.2 Å². The molecule has 0 saturated carbocycles. The maximum absolute atomic E-state index is 13.3. The predicted molar refractivity (Wildman–Crippen MR) is 118 cm³/mol. The minimum atomic E-state index is -0.405. The number of carbonyl (C=O) groups is 2. The fourth-order valence-corrected chi connectivity index (χ4v) is 4.06. The molecule has 0 saturated heterocycles. The quantitative estimate of drug-likeness (QED) is 0.543. The zero-order chi connectivity index (χ0) is 20.4. The Bertz CT molecular complexity index is 1050. The number of para-hydroxylation sites is 1. The van der Waals surface area contributed by atoms with E-state index in [0.29, 0.717) is 15.6 Å². The number of hydrogen-bond acceptors (Lipinski definition) is 4. The molecule has 4 nitrogen and oxygen atoms in total. The van der Waals surface area contributed by atoms with E-state index in [1.54, 1.807) is 18.2 Å². The molecule has 0 aliphatic carbocycles. The van der Waals surface area contributed by atoms with Crippen molar-refractivity contribution >= 4 is 46.6 Å². The fraction of sp³-hybridized carbons (Fsp3) is 0.0435. The Morgan fingerprint density at radius 1 is 0.862 bits per heavy atom. The number of thioether (sulfide) groups is 1. The van der Waals surface area contributed by atoms with Crippen LogP contribution in [0.3, 0.4) is 0 Å². The maximum Gasteiger partial charge on any atom is 0.283 e. The van der Waals surface area contributed by atoms with Gasteiger partial charge in [-0.1, -0.05) is 65.8 Å². The summed E-state index contributed by atoms with van der Waals surface area (Å²) in [5.74, 6) is -0.778. The lowest BCUT2D eigenvalue weighted by Gasteiger charge is -2.16. The Morgan fingerprint density at radius 2 is 1.52 bits per heavy atom. The monoisotopic (exact) mass is 420 g/mol. The number of rotatable bonds is 5. The molecule has 2 amide bonds. The van der Waals surface area contributed by atoms with Crippen LogP contribution >= 0.6 is 23.4 Å². The van der Waals surface area contributed by atoms with Crippen molar-refractivity contribution < 1.29 is 9.59 Å². The van der Waals surface area contributed by atoms with Crippen molar-refractivity contribution in [3.05, 3.63) is 100 Å². The van der Waals surface area contributed by atoms with Gasteiger partial charge in [-0.25, -0.2) is 4.90 Å². The molecule has 0 aromatic heterocycles. The number of amides is 2. The molecule has 0 atom stereocenters. The highest BCUT2D eigenvalue weighted by Gasteiger charge is 2.40. The molecule has 3 aromatic rings. The van der Waals surface area contributed by atoms with Gasteiger partial charge >= 0.3 is 0 Å². The van der Waals surface area contributed by atoms with Crippen LogP contribution in [-0.2, 0) is 9.59 Å². The van der Waals surface area contributed by atoms with E-state index in [1.807, 2.05) is 67.6 Å². The second kappa shape index (κ2) is 8.15. The summed E-state index contributed by atoms with van der Waals surface area (Å²) in [4.78, 5) is 28.9. The van der Waals surface area contributed by atoms with E-state index in [4.69, 9.17) is 11.6 Å². The molecule has 0 bridgehead atoms. The van der Waals surface area contributed by atoms with Crippen molar-refractivity contribution in [2.45, 2.75) is 11.8 Å². The van der Waals surface area contributed by atoms with Gasteiger partial charge in [0.1, 0.15) is 10.6 Å². The van der Waals surface area contributed by atoms with E-state index in [-0.39, 0.29) is 11.6 Å². The highest BCUT2D eigenvalue weighted by molar-refractivity contribution is 8.04. The first kappa shape index (κ1) is 19.3. The third kappa shape index (κ3) is 3.92. The topological polar surface area (TPSA) is 49.4 Å². The first-order valence-corrected chi connectivity index (χ1v) is 10.2. The molecular weight excluding hydrogens is 404 g/mol. The van der Waals surface area contributed by atoms with Gasteiger partial charge in [0.2, 0.25) is 0 Å². The smallest absolute Gasteiger partial charge is 0.283 e. The van der Waals surface area contributed by atoms with Crippen LogP contribution in [0.1, 0.15) is 5.56 Å². The van der Waals surface area contributed by atoms with Crippen molar-refractivity contribution in [1.82, 2.24) is 0 Å². The van der Waals surface area contributed by atoms with Gasteiger partial charge in [0.05, 0.1) is 5.69 Å². The Hall–Kier alpha value is -3.02. The normalized spacial score (nSPS) is 13.9. The van der Waals surface area contributed by atoms with Crippen LogP contribution in [0.5, 0.6) is 0 Å². The van der Waals surface area contributed by atoms with Gasteiger partial charge in [-0.15, -0.1) is 0 Å². The maximum atomic E-state index is 13.3. The molecule has 29 heavy (non-hydrogen) atoms. The lowest BCUT2D eigenvalue weighted by Crippen LogP contribution is -2.32. The van der Waals surface area contributed by atoms with E-state index in [0.717, 1.165) is 16.1 Å². The molecule has 6 heteroatoms. The molecule has 1 heterocycles. The van der Waals surface area contributed by atoms with E-state index in [1.165, 1.54) is 16.7 Å². The van der Waals surface area contributed by atoms with Gasteiger partial charge in [0.15, 0.2) is 0 Å². The van der Waals surface area contributed by atoms with E-state index >= 15 is 0 Å². The van der Waals surface area contributed by atoms with Gasteiger partial charge in [0.25, 0.3) is 11.8 Å². The zero-order valence-electron chi connectivity index (χ0n) is 15.6. The number of nitrogens with zero attached hydrogens (tertiary/aromatic N) is 1. The molecule has 0 fully saturated rings. The minimum Gasteiger partial charge on any atom is -0.350 e. The molecule has 1 aliphatic heterocycles. The SMILES string of the molecule is Cc1ccc(N2C(=O)C(Nc3ccccc3)=C(Sc3ccccc3)C2=O)cc1Cl. The number of imide groups is 1. The molecule has 4 rings (SSSR count). The number of anilines is 2. The van der Waals surface area contributed by atoms with E-state index in [9.17, 15) is 9.59 Å². The summed E-state index contributed by atoms with van der Waals surface area (Å²) in [6, 6.07) is 24.0. The number of hydrogen-bond donors (Lipinski definition) is 1. The second-order valence-electron chi connectivity index (χ2n) is 6.49. The fourth-order valence-electron chi connectivity index (χ4n) is 2.94. The third-order valence-electron chi connectivity index (χ3n) is 4.46. The summed E-state index contributed by atoms with van der Waals surface area (Å²) in [5, 5.41) is 3.64. The van der Waals surface area contributed by atoms with Gasteiger partial charge < -0.3 is 5.32 Å². The highest BCUT2D eigenvalue weighted by Crippen LogP contribution is 2.38. The lowest BCUT2D eigenvalue weighted by atomic mass is 10.2. The van der Waals surface area contributed by atoms with Crippen LogP contribution in [0.25, 0.3) is 0 Å². The van der Waals surface area contributed by atoms with E-state index < -0.39 is 5.91 Å². The van der Waals surface area contributed by atoms with Gasteiger partial charge in [-0.2, -0.15) is 0 Å².